The maximum absolute atomic E-state index is 12.1. The van der Waals surface area contributed by atoms with E-state index in [2.05, 4.69) is 9.71 Å². The Morgan fingerprint density at radius 2 is 2.22 bits per heavy atom. The number of aromatic nitrogens is 1. The van der Waals surface area contributed by atoms with Gasteiger partial charge in [-0.1, -0.05) is 13.0 Å². The van der Waals surface area contributed by atoms with Crippen LogP contribution in [0, 0.1) is 0 Å². The molecule has 2 rings (SSSR count). The molecule has 18 heavy (non-hydrogen) atoms. The summed E-state index contributed by atoms with van der Waals surface area (Å²) in [6.45, 7) is 1.97. The minimum atomic E-state index is -3.61. The van der Waals surface area contributed by atoms with Crippen LogP contribution in [0.5, 0.6) is 0 Å². The third kappa shape index (κ3) is 2.62. The molecule has 0 atom stereocenters. The van der Waals surface area contributed by atoms with Crippen LogP contribution >= 0.6 is 11.3 Å². The largest absolute Gasteiger partial charge is 0.398 e. The lowest BCUT2D eigenvalue weighted by Gasteiger charge is -2.08. The van der Waals surface area contributed by atoms with Gasteiger partial charge >= 0.3 is 0 Å². The van der Waals surface area contributed by atoms with E-state index in [1.165, 1.54) is 23.6 Å². The summed E-state index contributed by atoms with van der Waals surface area (Å²) in [6.07, 6.45) is 2.31. The highest BCUT2D eigenvalue weighted by Crippen LogP contribution is 2.21. The predicted molar refractivity (Wildman–Crippen MR) is 73.2 cm³/mol. The van der Waals surface area contributed by atoms with Crippen molar-refractivity contribution < 1.29 is 8.42 Å². The van der Waals surface area contributed by atoms with Gasteiger partial charge in [0.2, 0.25) is 0 Å². The summed E-state index contributed by atoms with van der Waals surface area (Å²) >= 11 is 1.22. The predicted octanol–water partition coefficient (Wildman–Crippen LogP) is 2.09. The fourth-order valence-corrected chi connectivity index (χ4v) is 3.33. The number of nitrogens with one attached hydrogen (secondary N) is 1. The number of hydrogen-bond donors (Lipinski definition) is 2. The van der Waals surface area contributed by atoms with E-state index in [1.807, 2.05) is 6.92 Å². The van der Waals surface area contributed by atoms with E-state index in [9.17, 15) is 8.42 Å². The van der Waals surface area contributed by atoms with Gasteiger partial charge in [-0.05, 0) is 24.1 Å². The van der Waals surface area contributed by atoms with Crippen molar-refractivity contribution in [3.05, 3.63) is 35.3 Å². The number of anilines is 2. The van der Waals surface area contributed by atoms with Crippen molar-refractivity contribution in [3.63, 3.8) is 0 Å². The van der Waals surface area contributed by atoms with Crippen LogP contribution in [-0.4, -0.2) is 13.4 Å². The molecule has 0 bridgehead atoms. The number of nitrogens with zero attached hydrogens (tertiary/aromatic N) is 1. The van der Waals surface area contributed by atoms with Gasteiger partial charge in [0.25, 0.3) is 10.0 Å². The fraction of sp³-hybridized carbons (Fsp3) is 0.182. The lowest BCUT2D eigenvalue weighted by molar-refractivity contribution is 0.601. The highest BCUT2D eigenvalue weighted by molar-refractivity contribution is 7.93. The first kappa shape index (κ1) is 12.8. The van der Waals surface area contributed by atoms with Crippen LogP contribution in [0.1, 0.15) is 12.5 Å². The molecule has 0 spiro atoms. The number of hydrogen-bond acceptors (Lipinski definition) is 5. The second-order valence-corrected chi connectivity index (χ2v) is 6.23. The van der Waals surface area contributed by atoms with Crippen LogP contribution < -0.4 is 10.5 Å². The number of nitrogens with two attached hydrogens (primary N) is 1. The van der Waals surface area contributed by atoms with Gasteiger partial charge in [0.1, 0.15) is 0 Å². The first-order valence-electron chi connectivity index (χ1n) is 5.33. The Bertz CT molecular complexity index is 636. The van der Waals surface area contributed by atoms with Crippen molar-refractivity contribution in [2.24, 2.45) is 0 Å². The van der Waals surface area contributed by atoms with Gasteiger partial charge in [-0.15, -0.1) is 11.3 Å². The number of benzene rings is 1. The van der Waals surface area contributed by atoms with Crippen molar-refractivity contribution in [3.8, 4) is 0 Å². The molecule has 7 heteroatoms. The van der Waals surface area contributed by atoms with E-state index in [0.29, 0.717) is 10.8 Å². The van der Waals surface area contributed by atoms with Crippen LogP contribution in [-0.2, 0) is 16.4 Å². The molecular weight excluding hydrogens is 270 g/mol. The summed E-state index contributed by atoms with van der Waals surface area (Å²) in [4.78, 5) is 4.03. The quantitative estimate of drug-likeness (QED) is 0.841. The summed E-state index contributed by atoms with van der Waals surface area (Å²) in [6, 6.07) is 4.74. The molecule has 1 heterocycles. The van der Waals surface area contributed by atoms with Crippen molar-refractivity contribution in [1.29, 1.82) is 0 Å². The molecule has 3 N–H and O–H groups in total. The molecule has 0 aliphatic rings. The van der Waals surface area contributed by atoms with E-state index < -0.39 is 10.0 Å². The Hall–Kier alpha value is -1.60. The van der Waals surface area contributed by atoms with Crippen LogP contribution in [0.2, 0.25) is 0 Å². The van der Waals surface area contributed by atoms with E-state index in [4.69, 9.17) is 5.73 Å². The van der Waals surface area contributed by atoms with Crippen molar-refractivity contribution in [2.75, 3.05) is 10.5 Å². The molecule has 0 amide bonds. The van der Waals surface area contributed by atoms with Gasteiger partial charge in [0.15, 0.2) is 5.13 Å². The van der Waals surface area contributed by atoms with Crippen LogP contribution in [0.4, 0.5) is 10.8 Å². The molecular formula is C11H13N3O2S2. The molecule has 0 saturated carbocycles. The third-order valence-electron chi connectivity index (χ3n) is 2.46. The van der Waals surface area contributed by atoms with Crippen LogP contribution in [0.15, 0.2) is 34.7 Å². The monoisotopic (exact) mass is 283 g/mol. The van der Waals surface area contributed by atoms with Gasteiger partial charge in [0, 0.05) is 17.3 Å². The summed E-state index contributed by atoms with van der Waals surface area (Å²) < 4.78 is 26.5. The van der Waals surface area contributed by atoms with Gasteiger partial charge in [-0.3, -0.25) is 4.72 Å². The second kappa shape index (κ2) is 4.95. The second-order valence-electron chi connectivity index (χ2n) is 3.66. The van der Waals surface area contributed by atoms with Crippen molar-refractivity contribution in [1.82, 2.24) is 4.98 Å². The average Bonchev–Trinajstić information content (AvgIpc) is 2.81. The summed E-state index contributed by atoms with van der Waals surface area (Å²) in [5, 5.41) is 2.04. The fourth-order valence-electron chi connectivity index (χ4n) is 1.51. The van der Waals surface area contributed by atoms with Gasteiger partial charge in [-0.2, -0.15) is 0 Å². The van der Waals surface area contributed by atoms with Gasteiger partial charge in [0.05, 0.1) is 4.90 Å². The van der Waals surface area contributed by atoms with E-state index in [-0.39, 0.29) is 4.90 Å². The molecule has 0 fully saturated rings. The summed E-state index contributed by atoms with van der Waals surface area (Å²) in [7, 11) is -3.61. The maximum Gasteiger partial charge on any atom is 0.263 e. The standard InChI is InChI=1S/C11H13N3O2S2/c1-2-8-3-4-9(7-10(8)12)18(15,16)14-11-13-5-6-17-11/h3-7H,2,12H2,1H3,(H,13,14). The van der Waals surface area contributed by atoms with Crippen molar-refractivity contribution in [2.45, 2.75) is 18.2 Å². The number of thiazole rings is 1. The van der Waals surface area contributed by atoms with Crippen LogP contribution in [0.3, 0.4) is 0 Å². The highest BCUT2D eigenvalue weighted by Gasteiger charge is 2.16. The lowest BCUT2D eigenvalue weighted by atomic mass is 10.1. The highest BCUT2D eigenvalue weighted by atomic mass is 32.2. The molecule has 1 aromatic carbocycles. The number of aryl methyl sites for hydroxylation is 1. The zero-order chi connectivity index (χ0) is 13.2. The number of sulfonamides is 1. The molecule has 2 aromatic rings. The van der Waals surface area contributed by atoms with Gasteiger partial charge < -0.3 is 5.73 Å². The van der Waals surface area contributed by atoms with Crippen molar-refractivity contribution >= 4 is 32.2 Å². The Labute approximate surface area is 110 Å². The van der Waals surface area contributed by atoms with Gasteiger partial charge in [-0.25, -0.2) is 13.4 Å². The summed E-state index contributed by atoms with van der Waals surface area (Å²) in [5.41, 5.74) is 7.22. The Morgan fingerprint density at radius 1 is 1.44 bits per heavy atom. The SMILES string of the molecule is CCc1ccc(S(=O)(=O)Nc2nccs2)cc1N. The Morgan fingerprint density at radius 3 is 2.78 bits per heavy atom. The minimum Gasteiger partial charge on any atom is -0.398 e. The zero-order valence-electron chi connectivity index (χ0n) is 9.75. The Kier molecular flexibility index (Phi) is 3.53. The molecule has 5 nitrogen and oxygen atoms in total. The molecule has 0 saturated heterocycles. The molecule has 0 aliphatic carbocycles. The molecule has 0 radical (unpaired) electrons. The zero-order valence-corrected chi connectivity index (χ0v) is 11.4. The summed E-state index contributed by atoms with van der Waals surface area (Å²) in [5.74, 6) is 0. The number of rotatable bonds is 4. The maximum atomic E-state index is 12.1. The Balaban J connectivity index is 2.33. The first-order chi connectivity index (χ1) is 8.53. The lowest BCUT2D eigenvalue weighted by Crippen LogP contribution is -2.13. The van der Waals surface area contributed by atoms with E-state index >= 15 is 0 Å². The normalized spacial score (nSPS) is 11.4. The van der Waals surface area contributed by atoms with Crippen LogP contribution in [0.25, 0.3) is 0 Å². The smallest absolute Gasteiger partial charge is 0.263 e. The molecule has 0 aliphatic heterocycles. The molecule has 96 valence electrons. The first-order valence-corrected chi connectivity index (χ1v) is 7.70. The van der Waals surface area contributed by atoms with E-state index in [1.54, 1.807) is 17.5 Å². The van der Waals surface area contributed by atoms with E-state index in [0.717, 1.165) is 12.0 Å². The average molecular weight is 283 g/mol. The molecule has 0 unspecified atom stereocenters. The number of nitrogen functional groups attached to an aromatic ring is 1. The third-order valence-corrected chi connectivity index (χ3v) is 4.62. The minimum absolute atomic E-state index is 0.146. The molecule has 1 aromatic heterocycles. The topological polar surface area (TPSA) is 85.1 Å².